The minimum atomic E-state index is 0.0301. The van der Waals surface area contributed by atoms with Crippen molar-refractivity contribution in [3.63, 3.8) is 0 Å². The van der Waals surface area contributed by atoms with Crippen LogP contribution in [-0.4, -0.2) is 10.9 Å². The van der Waals surface area contributed by atoms with Crippen LogP contribution in [0.3, 0.4) is 0 Å². The molecule has 0 bridgehead atoms. The fourth-order valence-electron chi connectivity index (χ4n) is 0.965. The quantitative estimate of drug-likeness (QED) is 0.765. The van der Waals surface area contributed by atoms with E-state index in [1.165, 1.54) is 19.1 Å². The molecular formula is C9H9ClO2. The summed E-state index contributed by atoms with van der Waals surface area (Å²) in [6.07, 6.45) is 0.271. The van der Waals surface area contributed by atoms with Crippen molar-refractivity contribution in [2.45, 2.75) is 13.3 Å². The second-order valence-corrected chi connectivity index (χ2v) is 3.06. The third-order valence-electron chi connectivity index (χ3n) is 1.47. The van der Waals surface area contributed by atoms with Gasteiger partial charge in [-0.3, -0.25) is 4.79 Å². The second kappa shape index (κ2) is 3.59. The lowest BCUT2D eigenvalue weighted by molar-refractivity contribution is -0.116. The maximum absolute atomic E-state index is 10.7. The number of benzene rings is 1. The van der Waals surface area contributed by atoms with Crippen molar-refractivity contribution in [3.8, 4) is 5.75 Å². The molecule has 0 radical (unpaired) electrons. The highest BCUT2D eigenvalue weighted by molar-refractivity contribution is 6.31. The third-order valence-corrected chi connectivity index (χ3v) is 1.84. The summed E-state index contributed by atoms with van der Waals surface area (Å²) in [6.45, 7) is 1.49. The highest BCUT2D eigenvalue weighted by Gasteiger charge is 2.03. The van der Waals surface area contributed by atoms with Crippen molar-refractivity contribution in [2.75, 3.05) is 0 Å². The van der Waals surface area contributed by atoms with Crippen LogP contribution in [0.5, 0.6) is 5.75 Å². The van der Waals surface area contributed by atoms with Crippen molar-refractivity contribution < 1.29 is 9.90 Å². The molecule has 0 fully saturated rings. The smallest absolute Gasteiger partial charge is 0.134 e. The van der Waals surface area contributed by atoms with Gasteiger partial charge in [-0.05, 0) is 30.7 Å². The molecule has 2 nitrogen and oxygen atoms in total. The number of carbonyl (C=O) groups is 1. The van der Waals surface area contributed by atoms with Gasteiger partial charge in [-0.25, -0.2) is 0 Å². The number of hydrogen-bond acceptors (Lipinski definition) is 2. The van der Waals surface area contributed by atoms with Gasteiger partial charge in [-0.2, -0.15) is 0 Å². The van der Waals surface area contributed by atoms with Crippen molar-refractivity contribution in [1.29, 1.82) is 0 Å². The maximum Gasteiger partial charge on any atom is 0.134 e. The molecule has 0 aliphatic carbocycles. The van der Waals surface area contributed by atoms with Crippen molar-refractivity contribution >= 4 is 17.4 Å². The molecule has 12 heavy (non-hydrogen) atoms. The number of hydrogen-bond donors (Lipinski definition) is 1. The van der Waals surface area contributed by atoms with Crippen molar-refractivity contribution in [1.82, 2.24) is 0 Å². The van der Waals surface area contributed by atoms with Crippen molar-refractivity contribution in [3.05, 3.63) is 28.8 Å². The summed E-state index contributed by atoms with van der Waals surface area (Å²) in [5.74, 6) is 0.165. The minimum absolute atomic E-state index is 0.0301. The Labute approximate surface area is 75.8 Å². The average molecular weight is 185 g/mol. The zero-order valence-corrected chi connectivity index (χ0v) is 7.43. The lowest BCUT2D eigenvalue weighted by Gasteiger charge is -2.01. The molecule has 0 spiro atoms. The van der Waals surface area contributed by atoms with Gasteiger partial charge in [0, 0.05) is 11.4 Å². The average Bonchev–Trinajstić information content (AvgIpc) is 1.96. The molecule has 0 unspecified atom stereocenters. The molecule has 0 aliphatic rings. The van der Waals surface area contributed by atoms with Crippen LogP contribution in [0.25, 0.3) is 0 Å². The lowest BCUT2D eigenvalue weighted by atomic mass is 10.1. The van der Waals surface area contributed by atoms with Crippen LogP contribution in [0.1, 0.15) is 12.5 Å². The third kappa shape index (κ3) is 2.24. The fourth-order valence-corrected chi connectivity index (χ4v) is 1.15. The van der Waals surface area contributed by atoms with Gasteiger partial charge in [0.25, 0.3) is 0 Å². The van der Waals surface area contributed by atoms with E-state index in [1.54, 1.807) is 6.07 Å². The summed E-state index contributed by atoms with van der Waals surface area (Å²) >= 11 is 5.78. The van der Waals surface area contributed by atoms with Gasteiger partial charge >= 0.3 is 0 Å². The first-order valence-electron chi connectivity index (χ1n) is 3.56. The van der Waals surface area contributed by atoms with E-state index in [-0.39, 0.29) is 18.0 Å². The number of phenols is 1. The van der Waals surface area contributed by atoms with E-state index in [2.05, 4.69) is 0 Å². The Hall–Kier alpha value is -1.02. The molecule has 1 N–H and O–H groups in total. The number of ketones is 1. The van der Waals surface area contributed by atoms with E-state index in [1.807, 2.05) is 0 Å². The number of aromatic hydroxyl groups is 1. The summed E-state index contributed by atoms with van der Waals surface area (Å²) in [5, 5.41) is 9.60. The maximum atomic E-state index is 10.7. The number of halogens is 1. The summed E-state index contributed by atoms with van der Waals surface area (Å²) in [6, 6.07) is 4.57. The monoisotopic (exact) mass is 184 g/mol. The summed E-state index contributed by atoms with van der Waals surface area (Å²) in [4.78, 5) is 10.7. The van der Waals surface area contributed by atoms with Gasteiger partial charge in [-0.1, -0.05) is 11.6 Å². The molecule has 0 aliphatic heterocycles. The molecule has 0 saturated heterocycles. The predicted octanol–water partition coefficient (Wildman–Crippen LogP) is 2.18. The number of phenolic OH excluding ortho intramolecular Hbond substituents is 1. The Morgan fingerprint density at radius 1 is 1.58 bits per heavy atom. The van der Waals surface area contributed by atoms with Crippen LogP contribution in [0.4, 0.5) is 0 Å². The van der Waals surface area contributed by atoms with E-state index < -0.39 is 0 Å². The van der Waals surface area contributed by atoms with Crippen LogP contribution in [0.15, 0.2) is 18.2 Å². The minimum Gasteiger partial charge on any atom is -0.508 e. The molecule has 0 saturated carbocycles. The first-order valence-corrected chi connectivity index (χ1v) is 3.94. The zero-order chi connectivity index (χ0) is 9.14. The van der Waals surface area contributed by atoms with Gasteiger partial charge in [0.2, 0.25) is 0 Å². The largest absolute Gasteiger partial charge is 0.508 e. The molecule has 0 heterocycles. The zero-order valence-electron chi connectivity index (χ0n) is 6.67. The van der Waals surface area contributed by atoms with E-state index in [0.29, 0.717) is 10.6 Å². The van der Waals surface area contributed by atoms with Crippen LogP contribution in [0.2, 0.25) is 5.02 Å². The van der Waals surface area contributed by atoms with Crippen LogP contribution >= 0.6 is 11.6 Å². The lowest BCUT2D eigenvalue weighted by Crippen LogP contribution is -1.96. The topological polar surface area (TPSA) is 37.3 Å². The Kier molecular flexibility index (Phi) is 2.71. The predicted molar refractivity (Wildman–Crippen MR) is 47.5 cm³/mol. The van der Waals surface area contributed by atoms with Crippen LogP contribution in [-0.2, 0) is 11.2 Å². The van der Waals surface area contributed by atoms with E-state index >= 15 is 0 Å². The van der Waals surface area contributed by atoms with Crippen molar-refractivity contribution in [2.24, 2.45) is 0 Å². The van der Waals surface area contributed by atoms with E-state index in [9.17, 15) is 4.79 Å². The number of Topliss-reactive ketones (excluding diaryl/α,β-unsaturated/α-hetero) is 1. The first kappa shape index (κ1) is 9.07. The van der Waals surface area contributed by atoms with Gasteiger partial charge in [-0.15, -0.1) is 0 Å². The van der Waals surface area contributed by atoms with Crippen LogP contribution < -0.4 is 0 Å². The fraction of sp³-hybridized carbons (Fsp3) is 0.222. The Bertz CT molecular complexity index is 307. The number of rotatable bonds is 2. The highest BCUT2D eigenvalue weighted by atomic mass is 35.5. The molecule has 1 rings (SSSR count). The van der Waals surface area contributed by atoms with Gasteiger partial charge in [0.05, 0.1) is 0 Å². The first-order chi connectivity index (χ1) is 5.59. The Morgan fingerprint density at radius 3 is 2.83 bits per heavy atom. The SMILES string of the molecule is CC(=O)Cc1cc(O)ccc1Cl. The molecule has 1 aromatic rings. The van der Waals surface area contributed by atoms with Crippen LogP contribution in [0, 0.1) is 0 Å². The Balaban J connectivity index is 2.97. The summed E-state index contributed by atoms with van der Waals surface area (Å²) < 4.78 is 0. The molecule has 0 atom stereocenters. The van der Waals surface area contributed by atoms with Gasteiger partial charge < -0.3 is 5.11 Å². The highest BCUT2D eigenvalue weighted by Crippen LogP contribution is 2.21. The molecule has 0 aromatic heterocycles. The second-order valence-electron chi connectivity index (χ2n) is 2.65. The summed E-state index contributed by atoms with van der Waals surface area (Å²) in [5.41, 5.74) is 0.671. The number of carbonyl (C=O) groups excluding carboxylic acids is 1. The van der Waals surface area contributed by atoms with E-state index in [0.717, 1.165) is 0 Å². The molecular weight excluding hydrogens is 176 g/mol. The van der Waals surface area contributed by atoms with Gasteiger partial charge in [0.1, 0.15) is 11.5 Å². The molecule has 64 valence electrons. The molecule has 1 aromatic carbocycles. The normalized spacial score (nSPS) is 9.83. The standard InChI is InChI=1S/C9H9ClO2/c1-6(11)4-7-5-8(12)2-3-9(7)10/h2-3,5,12H,4H2,1H3. The molecule has 0 amide bonds. The van der Waals surface area contributed by atoms with Gasteiger partial charge in [0.15, 0.2) is 0 Å². The van der Waals surface area contributed by atoms with E-state index in [4.69, 9.17) is 16.7 Å². The Morgan fingerprint density at radius 2 is 2.25 bits per heavy atom. The molecule has 3 heteroatoms. The summed E-state index contributed by atoms with van der Waals surface area (Å²) in [7, 11) is 0.